The van der Waals surface area contributed by atoms with E-state index in [0.29, 0.717) is 5.71 Å². The van der Waals surface area contributed by atoms with Gasteiger partial charge in [0.15, 0.2) is 0 Å². The van der Waals surface area contributed by atoms with E-state index in [4.69, 9.17) is 10.4 Å². The average Bonchev–Trinajstić information content (AvgIpc) is 3.53. The van der Waals surface area contributed by atoms with Crippen LogP contribution in [0, 0.1) is 5.41 Å². The third kappa shape index (κ3) is 6.59. The van der Waals surface area contributed by atoms with E-state index in [-0.39, 0.29) is 5.41 Å². The third-order valence-corrected chi connectivity index (χ3v) is 12.0. The molecule has 0 heterocycles. The van der Waals surface area contributed by atoms with E-state index >= 15 is 0 Å². The van der Waals surface area contributed by atoms with Gasteiger partial charge in [-0.3, -0.25) is 4.99 Å². The molecular weight excluding hydrogens is 713 g/mol. The third-order valence-electron chi connectivity index (χ3n) is 12.0. The van der Waals surface area contributed by atoms with Crippen molar-refractivity contribution < 1.29 is 0 Å². The van der Waals surface area contributed by atoms with E-state index in [0.717, 1.165) is 38.9 Å². The molecule has 2 nitrogen and oxygen atoms in total. The van der Waals surface area contributed by atoms with E-state index in [1.165, 1.54) is 60.7 Å². The SMILES string of the molecule is CC1(C)c2cc(-c3ccc(C=N/C(=C\C(=N)c4ccccc4)c4ccc(-c5ccc(-c6ccccc6)cc5)cc4)c4ccccc34)ccc2-c2c1ccc1ccccc21. The Hall–Kier alpha value is -7.42. The maximum absolute atomic E-state index is 9.03. The van der Waals surface area contributed by atoms with Gasteiger partial charge in [0.25, 0.3) is 0 Å². The van der Waals surface area contributed by atoms with Gasteiger partial charge < -0.3 is 5.41 Å². The molecule has 0 saturated carbocycles. The van der Waals surface area contributed by atoms with Gasteiger partial charge in [-0.15, -0.1) is 0 Å². The Bertz CT molecular complexity index is 3100. The summed E-state index contributed by atoms with van der Waals surface area (Å²) < 4.78 is 0. The first-order valence-electron chi connectivity index (χ1n) is 20.3. The molecule has 0 aliphatic heterocycles. The number of benzene rings is 9. The molecule has 280 valence electrons. The predicted octanol–water partition coefficient (Wildman–Crippen LogP) is 14.8. The number of nitrogens with one attached hydrogen (secondary N) is 1. The molecule has 10 rings (SSSR count). The first-order chi connectivity index (χ1) is 28.9. The van der Waals surface area contributed by atoms with Crippen LogP contribution in [0.25, 0.3) is 71.7 Å². The van der Waals surface area contributed by atoms with Crippen LogP contribution in [0.2, 0.25) is 0 Å². The first-order valence-corrected chi connectivity index (χ1v) is 20.3. The van der Waals surface area contributed by atoms with Crippen molar-refractivity contribution in [1.29, 1.82) is 5.41 Å². The molecule has 0 bridgehead atoms. The molecule has 0 aromatic heterocycles. The molecular formula is C57H42N2. The molecule has 59 heavy (non-hydrogen) atoms. The Kier molecular flexibility index (Phi) is 9.03. The largest absolute Gasteiger partial charge is 0.300 e. The van der Waals surface area contributed by atoms with Crippen LogP contribution in [-0.4, -0.2) is 11.9 Å². The van der Waals surface area contributed by atoms with Gasteiger partial charge >= 0.3 is 0 Å². The molecule has 9 aromatic carbocycles. The lowest BCUT2D eigenvalue weighted by molar-refractivity contribution is 0.661. The summed E-state index contributed by atoms with van der Waals surface area (Å²) in [7, 11) is 0. The van der Waals surface area contributed by atoms with Gasteiger partial charge in [-0.1, -0.05) is 208 Å². The number of rotatable bonds is 8. The van der Waals surface area contributed by atoms with Crippen molar-refractivity contribution in [2.45, 2.75) is 19.3 Å². The highest BCUT2D eigenvalue weighted by atomic mass is 14.7. The lowest BCUT2D eigenvalue weighted by Crippen LogP contribution is -2.15. The minimum atomic E-state index is -0.117. The lowest BCUT2D eigenvalue weighted by Gasteiger charge is -2.22. The minimum absolute atomic E-state index is 0.117. The zero-order valence-corrected chi connectivity index (χ0v) is 33.2. The standard InChI is InChI=1S/C57H42N2/c1-57(2)52-34-31-42-15-9-10-19-49(42)56(52)51-33-29-45(35-53(51)57)48-32-30-46(47-18-11-12-20-50(47)48)37-59-55(36-54(58)43-16-7-4-8-17-43)44-27-25-41(26-28-44)40-23-21-39(22-24-40)38-13-5-3-6-14-38/h3-37,58H,1-2H3/b55-36-,58-54?,59-37?. The number of aliphatic imine (C=N–C) groups is 1. The van der Waals surface area contributed by atoms with Gasteiger partial charge in [-0.05, 0) is 94.9 Å². The highest BCUT2D eigenvalue weighted by Crippen LogP contribution is 2.52. The van der Waals surface area contributed by atoms with Crippen LogP contribution in [0.1, 0.15) is 41.7 Å². The van der Waals surface area contributed by atoms with Crippen LogP contribution in [0.15, 0.2) is 211 Å². The topological polar surface area (TPSA) is 36.2 Å². The van der Waals surface area contributed by atoms with Crippen molar-refractivity contribution in [1.82, 2.24) is 0 Å². The van der Waals surface area contributed by atoms with Crippen LogP contribution in [0.5, 0.6) is 0 Å². The highest BCUT2D eigenvalue weighted by Gasteiger charge is 2.36. The lowest BCUT2D eigenvalue weighted by atomic mass is 9.81. The van der Waals surface area contributed by atoms with Gasteiger partial charge in [-0.2, -0.15) is 0 Å². The maximum Gasteiger partial charge on any atom is 0.0723 e. The molecule has 0 spiro atoms. The summed E-state index contributed by atoms with van der Waals surface area (Å²) in [6.45, 7) is 4.71. The predicted molar refractivity (Wildman–Crippen MR) is 251 cm³/mol. The summed E-state index contributed by atoms with van der Waals surface area (Å²) in [5, 5.41) is 13.9. The normalized spacial score (nSPS) is 13.2. The second-order valence-corrected chi connectivity index (χ2v) is 15.9. The fourth-order valence-corrected chi connectivity index (χ4v) is 8.85. The summed E-state index contributed by atoms with van der Waals surface area (Å²) in [5.74, 6) is 0. The van der Waals surface area contributed by atoms with Crippen molar-refractivity contribution in [3.8, 4) is 44.5 Å². The van der Waals surface area contributed by atoms with Gasteiger partial charge in [0, 0.05) is 22.8 Å². The van der Waals surface area contributed by atoms with Gasteiger partial charge in [0.1, 0.15) is 0 Å². The minimum Gasteiger partial charge on any atom is -0.300 e. The number of hydrogen-bond donors (Lipinski definition) is 1. The van der Waals surface area contributed by atoms with Crippen LogP contribution in [0.3, 0.4) is 0 Å². The van der Waals surface area contributed by atoms with E-state index in [9.17, 15) is 0 Å². The van der Waals surface area contributed by atoms with E-state index in [2.05, 4.69) is 178 Å². The van der Waals surface area contributed by atoms with E-state index < -0.39 is 0 Å². The zero-order valence-electron chi connectivity index (χ0n) is 33.2. The van der Waals surface area contributed by atoms with Crippen molar-refractivity contribution in [3.05, 3.63) is 234 Å². The van der Waals surface area contributed by atoms with Gasteiger partial charge in [-0.25, -0.2) is 0 Å². The van der Waals surface area contributed by atoms with Crippen LogP contribution < -0.4 is 0 Å². The molecule has 1 aliphatic rings. The van der Waals surface area contributed by atoms with Crippen molar-refractivity contribution in [2.75, 3.05) is 0 Å². The van der Waals surface area contributed by atoms with Crippen LogP contribution >= 0.6 is 0 Å². The quantitative estimate of drug-likeness (QED) is 0.150. The summed E-state index contributed by atoms with van der Waals surface area (Å²) >= 11 is 0. The molecule has 1 N–H and O–H groups in total. The van der Waals surface area contributed by atoms with E-state index in [1.807, 2.05) is 48.7 Å². The van der Waals surface area contributed by atoms with Crippen LogP contribution in [-0.2, 0) is 5.41 Å². The zero-order chi connectivity index (χ0) is 39.9. The summed E-state index contributed by atoms with van der Waals surface area (Å²) in [6, 6.07) is 70.9. The van der Waals surface area contributed by atoms with Crippen molar-refractivity contribution >= 4 is 39.2 Å². The monoisotopic (exact) mass is 754 g/mol. The fourth-order valence-electron chi connectivity index (χ4n) is 8.85. The van der Waals surface area contributed by atoms with E-state index in [1.54, 1.807) is 0 Å². The Labute approximate surface area is 346 Å². The number of nitrogens with zero attached hydrogens (tertiary/aromatic N) is 1. The summed E-state index contributed by atoms with van der Waals surface area (Å²) in [5.41, 5.74) is 16.4. The van der Waals surface area contributed by atoms with Gasteiger partial charge in [0.2, 0.25) is 0 Å². The molecule has 0 amide bonds. The average molecular weight is 755 g/mol. The van der Waals surface area contributed by atoms with Crippen molar-refractivity contribution in [3.63, 3.8) is 0 Å². The molecule has 0 fully saturated rings. The highest BCUT2D eigenvalue weighted by molar-refractivity contribution is 6.12. The Morgan fingerprint density at radius 2 is 1.02 bits per heavy atom. The first kappa shape index (κ1) is 36.0. The summed E-state index contributed by atoms with van der Waals surface area (Å²) in [4.78, 5) is 5.14. The second-order valence-electron chi connectivity index (χ2n) is 15.9. The van der Waals surface area contributed by atoms with Crippen LogP contribution in [0.4, 0.5) is 0 Å². The molecule has 0 saturated heterocycles. The molecule has 0 radical (unpaired) electrons. The second kappa shape index (κ2) is 14.8. The summed E-state index contributed by atoms with van der Waals surface area (Å²) in [6.07, 6.45) is 3.83. The smallest absolute Gasteiger partial charge is 0.0723 e. The molecule has 9 aromatic rings. The number of hydrogen-bond acceptors (Lipinski definition) is 2. The maximum atomic E-state index is 9.03. The van der Waals surface area contributed by atoms with Gasteiger partial charge in [0.05, 0.1) is 11.4 Å². The Morgan fingerprint density at radius 1 is 0.458 bits per heavy atom. The molecule has 2 heteroatoms. The Morgan fingerprint density at radius 3 is 1.73 bits per heavy atom. The van der Waals surface area contributed by atoms with Crippen molar-refractivity contribution in [2.24, 2.45) is 4.99 Å². The molecule has 0 atom stereocenters. The number of fused-ring (bicyclic) bond motifs is 6. The molecule has 0 unspecified atom stereocenters. The Balaban J connectivity index is 0.999. The fraction of sp³-hybridized carbons (Fsp3) is 0.0526. The number of allylic oxidation sites excluding steroid dienone is 1. The molecule has 1 aliphatic carbocycles.